The Labute approximate surface area is 150 Å². The minimum absolute atomic E-state index is 0.154. The molecular formula is C22H15N3O. The highest BCUT2D eigenvalue weighted by atomic mass is 16.1. The average Bonchev–Trinajstić information content (AvgIpc) is 2.70. The van der Waals surface area contributed by atoms with Gasteiger partial charge in [0.2, 0.25) is 0 Å². The van der Waals surface area contributed by atoms with Gasteiger partial charge in [-0.05, 0) is 34.5 Å². The van der Waals surface area contributed by atoms with Crippen LogP contribution in [0, 0.1) is 11.3 Å². The van der Waals surface area contributed by atoms with Gasteiger partial charge in [-0.2, -0.15) is 10.4 Å². The molecule has 3 aromatic carbocycles. The van der Waals surface area contributed by atoms with Crippen molar-refractivity contribution >= 4 is 10.8 Å². The standard InChI is InChI=1S/C22H15N3O/c23-14-16-8-10-17(11-9-16)15-25-22(26)13-12-21(24-25)20-7-3-5-18-4-1-2-6-19(18)20/h1-13H,15H2. The van der Waals surface area contributed by atoms with Crippen LogP contribution in [0.4, 0.5) is 0 Å². The summed E-state index contributed by atoms with van der Waals surface area (Å²) in [6.07, 6.45) is 0. The maximum absolute atomic E-state index is 12.2. The molecule has 0 unspecified atom stereocenters. The van der Waals surface area contributed by atoms with Gasteiger partial charge >= 0.3 is 0 Å². The molecule has 4 heteroatoms. The number of rotatable bonds is 3. The summed E-state index contributed by atoms with van der Waals surface area (Å²) in [5.41, 5.74) is 3.12. The van der Waals surface area contributed by atoms with Gasteiger partial charge in [-0.1, -0.05) is 54.6 Å². The molecule has 0 atom stereocenters. The third-order valence-corrected chi connectivity index (χ3v) is 4.35. The summed E-state index contributed by atoms with van der Waals surface area (Å²) in [7, 11) is 0. The Hall–Kier alpha value is -3.71. The molecule has 4 nitrogen and oxygen atoms in total. The topological polar surface area (TPSA) is 58.7 Å². The lowest BCUT2D eigenvalue weighted by Gasteiger charge is -2.09. The van der Waals surface area contributed by atoms with Gasteiger partial charge in [0.25, 0.3) is 5.56 Å². The second-order valence-corrected chi connectivity index (χ2v) is 6.05. The van der Waals surface area contributed by atoms with Crippen LogP contribution in [0.5, 0.6) is 0 Å². The van der Waals surface area contributed by atoms with Crippen LogP contribution in [0.1, 0.15) is 11.1 Å². The maximum Gasteiger partial charge on any atom is 0.267 e. The number of fused-ring (bicyclic) bond motifs is 1. The number of aromatic nitrogens is 2. The Kier molecular flexibility index (Phi) is 4.04. The van der Waals surface area contributed by atoms with Crippen molar-refractivity contribution in [3.63, 3.8) is 0 Å². The van der Waals surface area contributed by atoms with E-state index in [1.165, 1.54) is 4.68 Å². The number of hydrogen-bond acceptors (Lipinski definition) is 3. The Morgan fingerprint density at radius 3 is 2.46 bits per heavy atom. The van der Waals surface area contributed by atoms with Crippen molar-refractivity contribution in [1.82, 2.24) is 9.78 Å². The molecule has 0 bridgehead atoms. The van der Waals surface area contributed by atoms with E-state index in [0.29, 0.717) is 12.1 Å². The lowest BCUT2D eigenvalue weighted by molar-refractivity contribution is 0.643. The fourth-order valence-corrected chi connectivity index (χ4v) is 3.01. The highest BCUT2D eigenvalue weighted by molar-refractivity contribution is 5.95. The second kappa shape index (κ2) is 6.66. The molecule has 0 fully saturated rings. The molecule has 0 aliphatic carbocycles. The van der Waals surface area contributed by atoms with Gasteiger partial charge in [0, 0.05) is 11.6 Å². The van der Waals surface area contributed by atoms with E-state index in [4.69, 9.17) is 5.26 Å². The maximum atomic E-state index is 12.2. The molecule has 4 rings (SSSR count). The summed E-state index contributed by atoms with van der Waals surface area (Å²) in [5, 5.41) is 15.7. The van der Waals surface area contributed by atoms with Crippen molar-refractivity contribution < 1.29 is 0 Å². The second-order valence-electron chi connectivity index (χ2n) is 6.05. The van der Waals surface area contributed by atoms with Crippen LogP contribution >= 0.6 is 0 Å². The van der Waals surface area contributed by atoms with Crippen LogP contribution in [-0.2, 0) is 6.54 Å². The van der Waals surface area contributed by atoms with Crippen LogP contribution in [0.3, 0.4) is 0 Å². The van der Waals surface area contributed by atoms with E-state index in [1.54, 1.807) is 24.3 Å². The zero-order chi connectivity index (χ0) is 17.9. The van der Waals surface area contributed by atoms with Gasteiger partial charge < -0.3 is 0 Å². The summed E-state index contributed by atoms with van der Waals surface area (Å²) in [6, 6.07) is 26.8. The predicted octanol–water partition coefficient (Wildman–Crippen LogP) is 3.98. The Balaban J connectivity index is 1.76. The summed E-state index contributed by atoms with van der Waals surface area (Å²) < 4.78 is 1.46. The molecule has 0 N–H and O–H groups in total. The summed E-state index contributed by atoms with van der Waals surface area (Å²) in [4.78, 5) is 12.2. The summed E-state index contributed by atoms with van der Waals surface area (Å²) in [6.45, 7) is 0.364. The first-order valence-corrected chi connectivity index (χ1v) is 8.30. The molecule has 0 saturated carbocycles. The number of nitrogens with zero attached hydrogens (tertiary/aromatic N) is 3. The van der Waals surface area contributed by atoms with Crippen LogP contribution < -0.4 is 5.56 Å². The monoisotopic (exact) mass is 337 g/mol. The molecule has 1 aromatic heterocycles. The SMILES string of the molecule is N#Cc1ccc(Cn2nc(-c3cccc4ccccc34)ccc2=O)cc1. The van der Waals surface area contributed by atoms with E-state index in [2.05, 4.69) is 29.4 Å². The highest BCUT2D eigenvalue weighted by Crippen LogP contribution is 2.26. The van der Waals surface area contributed by atoms with Gasteiger partial charge in [0.05, 0.1) is 23.9 Å². The first kappa shape index (κ1) is 15.8. The fraction of sp³-hybridized carbons (Fsp3) is 0.0455. The zero-order valence-corrected chi connectivity index (χ0v) is 14.0. The van der Waals surface area contributed by atoms with Crippen molar-refractivity contribution in [2.75, 3.05) is 0 Å². The van der Waals surface area contributed by atoms with E-state index in [1.807, 2.05) is 36.4 Å². The molecule has 4 aromatic rings. The lowest BCUT2D eigenvalue weighted by atomic mass is 10.0. The van der Waals surface area contributed by atoms with Crippen LogP contribution in [0.2, 0.25) is 0 Å². The van der Waals surface area contributed by atoms with Gasteiger partial charge in [-0.3, -0.25) is 4.79 Å². The molecule has 26 heavy (non-hydrogen) atoms. The first-order chi connectivity index (χ1) is 12.7. The average molecular weight is 337 g/mol. The van der Waals surface area contributed by atoms with Crippen molar-refractivity contribution in [3.05, 3.63) is 100 Å². The number of hydrogen-bond donors (Lipinski definition) is 0. The number of benzene rings is 3. The van der Waals surface area contributed by atoms with Gasteiger partial charge in [-0.15, -0.1) is 0 Å². The van der Waals surface area contributed by atoms with Crippen molar-refractivity contribution in [1.29, 1.82) is 5.26 Å². The lowest BCUT2D eigenvalue weighted by Crippen LogP contribution is -2.22. The molecule has 0 radical (unpaired) electrons. The van der Waals surface area contributed by atoms with Gasteiger partial charge in [-0.25, -0.2) is 4.68 Å². The Bertz CT molecular complexity index is 1180. The third-order valence-electron chi connectivity index (χ3n) is 4.35. The van der Waals surface area contributed by atoms with Gasteiger partial charge in [0.15, 0.2) is 0 Å². The van der Waals surface area contributed by atoms with E-state index in [9.17, 15) is 4.79 Å². The van der Waals surface area contributed by atoms with E-state index in [-0.39, 0.29) is 5.56 Å². The molecule has 0 aliphatic heterocycles. The molecule has 0 amide bonds. The zero-order valence-electron chi connectivity index (χ0n) is 14.0. The van der Waals surface area contributed by atoms with Crippen molar-refractivity contribution in [2.45, 2.75) is 6.54 Å². The van der Waals surface area contributed by atoms with Crippen LogP contribution in [0.25, 0.3) is 22.0 Å². The molecule has 1 heterocycles. The van der Waals surface area contributed by atoms with Crippen molar-refractivity contribution in [2.24, 2.45) is 0 Å². The summed E-state index contributed by atoms with van der Waals surface area (Å²) in [5.74, 6) is 0. The van der Waals surface area contributed by atoms with E-state index >= 15 is 0 Å². The molecular weight excluding hydrogens is 322 g/mol. The smallest absolute Gasteiger partial charge is 0.267 e. The fourth-order valence-electron chi connectivity index (χ4n) is 3.01. The molecule has 124 valence electrons. The molecule has 0 saturated heterocycles. The predicted molar refractivity (Wildman–Crippen MR) is 102 cm³/mol. The Morgan fingerprint density at radius 2 is 1.65 bits per heavy atom. The van der Waals surface area contributed by atoms with Crippen LogP contribution in [0.15, 0.2) is 83.7 Å². The number of nitriles is 1. The quantitative estimate of drug-likeness (QED) is 0.568. The largest absolute Gasteiger partial charge is 0.268 e. The van der Waals surface area contributed by atoms with E-state index in [0.717, 1.165) is 27.6 Å². The normalized spacial score (nSPS) is 10.6. The van der Waals surface area contributed by atoms with Gasteiger partial charge in [0.1, 0.15) is 0 Å². The highest BCUT2D eigenvalue weighted by Gasteiger charge is 2.07. The first-order valence-electron chi connectivity index (χ1n) is 8.30. The minimum atomic E-state index is -0.154. The summed E-state index contributed by atoms with van der Waals surface area (Å²) >= 11 is 0. The van der Waals surface area contributed by atoms with Crippen LogP contribution in [-0.4, -0.2) is 9.78 Å². The van der Waals surface area contributed by atoms with Crippen molar-refractivity contribution in [3.8, 4) is 17.3 Å². The Morgan fingerprint density at radius 1 is 0.885 bits per heavy atom. The third kappa shape index (κ3) is 2.99. The molecule has 0 spiro atoms. The minimum Gasteiger partial charge on any atom is -0.268 e. The molecule has 0 aliphatic rings. The van der Waals surface area contributed by atoms with E-state index < -0.39 is 0 Å².